The van der Waals surface area contributed by atoms with Gasteiger partial charge in [-0.25, -0.2) is 0 Å². The van der Waals surface area contributed by atoms with Crippen molar-refractivity contribution in [2.45, 2.75) is 47.3 Å². The van der Waals surface area contributed by atoms with Crippen LogP contribution in [-0.4, -0.2) is 18.5 Å². The zero-order valence-corrected chi connectivity index (χ0v) is 19.2. The van der Waals surface area contributed by atoms with Gasteiger partial charge in [0.2, 0.25) is 0 Å². The lowest BCUT2D eigenvalue weighted by Crippen LogP contribution is -2.17. The van der Waals surface area contributed by atoms with E-state index in [4.69, 9.17) is 4.74 Å². The molecule has 0 saturated carbocycles. The lowest BCUT2D eigenvalue weighted by molar-refractivity contribution is 0.304. The van der Waals surface area contributed by atoms with E-state index in [1.54, 1.807) is 0 Å². The number of hydrogen-bond donors (Lipinski definition) is 0. The van der Waals surface area contributed by atoms with Crippen molar-refractivity contribution < 1.29 is 4.74 Å². The quantitative estimate of drug-likeness (QED) is 0.355. The molecule has 2 rings (SSSR count). The third-order valence-corrected chi connectivity index (χ3v) is 4.32. The Morgan fingerprint density at radius 2 is 1.77 bits per heavy atom. The number of nitrogens with zero attached hydrogens (tertiary/aromatic N) is 1. The number of ether oxygens (including phenoxy) is 1. The summed E-state index contributed by atoms with van der Waals surface area (Å²) < 4.78 is 6.05. The molecule has 0 atom stereocenters. The first-order valence-electron chi connectivity index (χ1n) is 10.5. The van der Waals surface area contributed by atoms with E-state index in [0.29, 0.717) is 6.61 Å². The molecule has 0 amide bonds. The summed E-state index contributed by atoms with van der Waals surface area (Å²) in [5.74, 6) is 7.24. The second-order valence-corrected chi connectivity index (χ2v) is 9.01. The average Bonchev–Trinajstić information content (AvgIpc) is 2.65. The molecule has 0 unspecified atom stereocenters. The second-order valence-electron chi connectivity index (χ2n) is 9.01. The third-order valence-electron chi connectivity index (χ3n) is 4.32. The van der Waals surface area contributed by atoms with Gasteiger partial charge >= 0.3 is 0 Å². The Balaban J connectivity index is 1.87. The summed E-state index contributed by atoms with van der Waals surface area (Å²) >= 11 is 0. The van der Waals surface area contributed by atoms with E-state index in [1.807, 2.05) is 12.1 Å². The van der Waals surface area contributed by atoms with Crippen LogP contribution in [0.5, 0.6) is 5.75 Å². The van der Waals surface area contributed by atoms with E-state index in [0.717, 1.165) is 25.3 Å². The lowest BCUT2D eigenvalue weighted by Gasteiger charge is -2.15. The highest BCUT2D eigenvalue weighted by Gasteiger charge is 2.04. The number of rotatable bonds is 9. The van der Waals surface area contributed by atoms with Gasteiger partial charge in [0.1, 0.15) is 12.4 Å². The number of hydrogen-bond acceptors (Lipinski definition) is 2. The molecule has 2 aromatic carbocycles. The minimum Gasteiger partial charge on any atom is -0.489 e. The first-order valence-corrected chi connectivity index (χ1v) is 10.5. The molecule has 2 aromatic rings. The Labute approximate surface area is 183 Å². The Bertz CT molecular complexity index is 921. The van der Waals surface area contributed by atoms with Gasteiger partial charge < -0.3 is 4.74 Å². The molecule has 0 aliphatic heterocycles. The molecule has 2 nitrogen and oxygen atoms in total. The van der Waals surface area contributed by atoms with Crippen molar-refractivity contribution in [1.82, 2.24) is 4.90 Å². The molecule has 0 bridgehead atoms. The van der Waals surface area contributed by atoms with Crippen molar-refractivity contribution in [2.75, 3.05) is 13.6 Å². The van der Waals surface area contributed by atoms with E-state index in [1.165, 1.54) is 22.3 Å². The van der Waals surface area contributed by atoms with Crippen LogP contribution in [0.25, 0.3) is 0 Å². The zero-order chi connectivity index (χ0) is 22.0. The van der Waals surface area contributed by atoms with Gasteiger partial charge in [0.15, 0.2) is 0 Å². The molecule has 0 fully saturated rings. The molecule has 30 heavy (non-hydrogen) atoms. The molecule has 0 heterocycles. The fourth-order valence-electron chi connectivity index (χ4n) is 3.00. The van der Waals surface area contributed by atoms with Crippen molar-refractivity contribution in [3.8, 4) is 17.6 Å². The van der Waals surface area contributed by atoms with E-state index in [2.05, 4.69) is 107 Å². The Morgan fingerprint density at radius 1 is 1.07 bits per heavy atom. The predicted molar refractivity (Wildman–Crippen MR) is 128 cm³/mol. The monoisotopic (exact) mass is 401 g/mol. The number of likely N-dealkylation sites (N-methyl/N-ethyl adjacent to an activating group) is 1. The summed E-state index contributed by atoms with van der Waals surface area (Å²) in [6.07, 6.45) is 4.96. The minimum absolute atomic E-state index is 0.0442. The van der Waals surface area contributed by atoms with Crippen LogP contribution in [-0.2, 0) is 19.6 Å². The van der Waals surface area contributed by atoms with Crippen molar-refractivity contribution >= 4 is 0 Å². The summed E-state index contributed by atoms with van der Waals surface area (Å²) in [4.78, 5) is 2.26. The summed E-state index contributed by atoms with van der Waals surface area (Å²) in [5.41, 5.74) is 4.90. The Kier molecular flexibility index (Phi) is 8.96. The smallest absolute Gasteiger partial charge is 0.120 e. The first-order chi connectivity index (χ1) is 14.2. The van der Waals surface area contributed by atoms with Crippen LogP contribution in [0.3, 0.4) is 0 Å². The van der Waals surface area contributed by atoms with E-state index in [9.17, 15) is 0 Å². The molecule has 0 aliphatic rings. The van der Waals surface area contributed by atoms with Gasteiger partial charge in [0.25, 0.3) is 0 Å². The van der Waals surface area contributed by atoms with Crippen LogP contribution in [0, 0.1) is 17.3 Å². The summed E-state index contributed by atoms with van der Waals surface area (Å²) in [7, 11) is 2.11. The van der Waals surface area contributed by atoms with Gasteiger partial charge in [-0.2, -0.15) is 0 Å². The fraction of sp³-hybridized carbons (Fsp3) is 0.357. The molecule has 2 heteroatoms. The second kappa shape index (κ2) is 11.4. The van der Waals surface area contributed by atoms with Gasteiger partial charge in [-0.3, -0.25) is 4.90 Å². The topological polar surface area (TPSA) is 12.5 Å². The molecule has 0 aromatic heterocycles. The molecule has 158 valence electrons. The molecule has 0 spiro atoms. The number of benzene rings is 2. The van der Waals surface area contributed by atoms with Gasteiger partial charge in [0.05, 0.1) is 0 Å². The van der Waals surface area contributed by atoms with Crippen molar-refractivity contribution in [3.63, 3.8) is 0 Å². The van der Waals surface area contributed by atoms with Gasteiger partial charge in [-0.15, -0.1) is 0 Å². The van der Waals surface area contributed by atoms with Gasteiger partial charge in [-0.05, 0) is 76.1 Å². The van der Waals surface area contributed by atoms with E-state index < -0.39 is 0 Å². The largest absolute Gasteiger partial charge is 0.489 e. The summed E-state index contributed by atoms with van der Waals surface area (Å²) in [6, 6.07) is 16.9. The minimum atomic E-state index is 0.0442. The van der Waals surface area contributed by atoms with Crippen LogP contribution in [0.2, 0.25) is 0 Å². The van der Waals surface area contributed by atoms with E-state index >= 15 is 0 Å². The van der Waals surface area contributed by atoms with Crippen LogP contribution in [0.15, 0.2) is 72.8 Å². The van der Waals surface area contributed by atoms with Crippen LogP contribution < -0.4 is 4.74 Å². The van der Waals surface area contributed by atoms with Crippen LogP contribution >= 0.6 is 0 Å². The maximum absolute atomic E-state index is 6.05. The van der Waals surface area contributed by atoms with Crippen molar-refractivity contribution in [3.05, 3.63) is 89.5 Å². The highest BCUT2D eigenvalue weighted by Crippen LogP contribution is 2.17. The number of allylic oxidation sites excluding steroid dienone is 2. The highest BCUT2D eigenvalue weighted by atomic mass is 16.5. The summed E-state index contributed by atoms with van der Waals surface area (Å²) in [6.45, 7) is 14.7. The van der Waals surface area contributed by atoms with Crippen molar-refractivity contribution in [1.29, 1.82) is 0 Å². The summed E-state index contributed by atoms with van der Waals surface area (Å²) in [5, 5.41) is 0. The Hall–Kier alpha value is -2.76. The Morgan fingerprint density at radius 3 is 2.50 bits per heavy atom. The highest BCUT2D eigenvalue weighted by molar-refractivity contribution is 5.30. The van der Waals surface area contributed by atoms with Gasteiger partial charge in [0, 0.05) is 18.5 Å². The molecule has 0 N–H and O–H groups in total. The molecule has 0 radical (unpaired) electrons. The van der Waals surface area contributed by atoms with Crippen LogP contribution in [0.1, 0.15) is 44.4 Å². The zero-order valence-electron chi connectivity index (χ0n) is 19.2. The molecular formula is C28H35NO. The van der Waals surface area contributed by atoms with Crippen LogP contribution in [0.4, 0.5) is 0 Å². The maximum atomic E-state index is 6.05. The van der Waals surface area contributed by atoms with E-state index in [-0.39, 0.29) is 5.41 Å². The normalized spacial score (nSPS) is 11.4. The van der Waals surface area contributed by atoms with Crippen molar-refractivity contribution in [2.24, 2.45) is 5.41 Å². The standard InChI is InChI=1S/C28H35NO/c1-23(2)18-24-12-10-14-26(19-24)22-30-27-15-11-13-25(20-27)21-29(6)17-9-7-8-16-28(3,4)5/h7,9-15,19-20H,1,17-18,21-22H2,2-6H3/b9-7+. The predicted octanol–water partition coefficient (Wildman–Crippen LogP) is 6.42. The fourth-order valence-corrected chi connectivity index (χ4v) is 3.00. The molecular weight excluding hydrogens is 366 g/mol. The SMILES string of the molecule is C=C(C)Cc1cccc(COc2cccc(CN(C)C/C=C/C#CC(C)(C)C)c2)c1. The lowest BCUT2D eigenvalue weighted by atomic mass is 9.98. The third kappa shape index (κ3) is 9.63. The first kappa shape index (κ1) is 23.5. The average molecular weight is 402 g/mol. The molecule has 0 aliphatic carbocycles. The van der Waals surface area contributed by atoms with Gasteiger partial charge in [-0.1, -0.05) is 66.5 Å². The molecule has 0 saturated heterocycles. The maximum Gasteiger partial charge on any atom is 0.120 e.